The fraction of sp³-hybridized carbons (Fsp3) is 0.438. The van der Waals surface area contributed by atoms with Crippen molar-refractivity contribution < 1.29 is 19.1 Å². The molecule has 1 saturated heterocycles. The van der Waals surface area contributed by atoms with E-state index in [1.807, 2.05) is 0 Å². The van der Waals surface area contributed by atoms with Crippen molar-refractivity contribution >= 4 is 23.6 Å². The van der Waals surface area contributed by atoms with E-state index in [0.29, 0.717) is 37.2 Å². The van der Waals surface area contributed by atoms with Crippen LogP contribution < -0.4 is 11.1 Å². The summed E-state index contributed by atoms with van der Waals surface area (Å²) in [7, 11) is 0. The zero-order valence-electron chi connectivity index (χ0n) is 13.1. The number of carbonyl (C=O) groups is 3. The van der Waals surface area contributed by atoms with Gasteiger partial charge in [0.05, 0.1) is 17.9 Å². The van der Waals surface area contributed by atoms with E-state index >= 15 is 0 Å². The molecule has 124 valence electrons. The standard InChI is InChI=1S/C16H21N3O4/c1-2-23-15(21)12-5-3-4-6-13(12)18-16(22)19-9-7-11(8-10-19)14(17)20/h3-6,11H,2,7-10H2,1H3,(H2,17,20)(H,18,22). The number of nitrogens with zero attached hydrogens (tertiary/aromatic N) is 1. The number of urea groups is 1. The first-order valence-corrected chi connectivity index (χ1v) is 7.64. The smallest absolute Gasteiger partial charge is 0.340 e. The molecular formula is C16H21N3O4. The summed E-state index contributed by atoms with van der Waals surface area (Å²) in [5.41, 5.74) is 6.01. The number of para-hydroxylation sites is 1. The molecule has 0 bridgehead atoms. The largest absolute Gasteiger partial charge is 0.462 e. The SMILES string of the molecule is CCOC(=O)c1ccccc1NC(=O)N1CCC(C(N)=O)CC1. The minimum absolute atomic E-state index is 0.175. The number of hydrogen-bond acceptors (Lipinski definition) is 4. The number of benzene rings is 1. The molecule has 1 aliphatic heterocycles. The van der Waals surface area contributed by atoms with Crippen LogP contribution in [0.4, 0.5) is 10.5 Å². The lowest BCUT2D eigenvalue weighted by Gasteiger charge is -2.30. The van der Waals surface area contributed by atoms with Crippen LogP contribution in [0.15, 0.2) is 24.3 Å². The summed E-state index contributed by atoms with van der Waals surface area (Å²) in [5, 5.41) is 2.73. The van der Waals surface area contributed by atoms with Crippen molar-refractivity contribution in [2.45, 2.75) is 19.8 Å². The maximum atomic E-state index is 12.3. The lowest BCUT2D eigenvalue weighted by atomic mass is 9.96. The monoisotopic (exact) mass is 319 g/mol. The van der Waals surface area contributed by atoms with Crippen LogP contribution in [0.25, 0.3) is 0 Å². The summed E-state index contributed by atoms with van der Waals surface area (Å²) in [6, 6.07) is 6.40. The molecule has 0 aliphatic carbocycles. The molecule has 2 rings (SSSR count). The van der Waals surface area contributed by atoms with Gasteiger partial charge in [0.1, 0.15) is 0 Å². The molecule has 1 aromatic carbocycles. The highest BCUT2D eigenvalue weighted by Crippen LogP contribution is 2.20. The van der Waals surface area contributed by atoms with Gasteiger partial charge in [0, 0.05) is 19.0 Å². The van der Waals surface area contributed by atoms with Crippen molar-refractivity contribution in [2.24, 2.45) is 11.7 Å². The van der Waals surface area contributed by atoms with Gasteiger partial charge in [-0.2, -0.15) is 0 Å². The molecule has 23 heavy (non-hydrogen) atoms. The molecule has 0 atom stereocenters. The van der Waals surface area contributed by atoms with Gasteiger partial charge in [0.15, 0.2) is 0 Å². The average Bonchev–Trinajstić information content (AvgIpc) is 2.55. The first kappa shape index (κ1) is 16.8. The van der Waals surface area contributed by atoms with Crippen LogP contribution in [-0.2, 0) is 9.53 Å². The Morgan fingerprint density at radius 3 is 2.52 bits per heavy atom. The predicted molar refractivity (Wildman–Crippen MR) is 84.9 cm³/mol. The van der Waals surface area contributed by atoms with Gasteiger partial charge in [0.25, 0.3) is 0 Å². The number of piperidine rings is 1. The van der Waals surface area contributed by atoms with Gasteiger partial charge < -0.3 is 20.7 Å². The Labute approximate surface area is 134 Å². The summed E-state index contributed by atoms with van der Waals surface area (Å²) in [5.74, 6) is -0.973. The zero-order valence-corrected chi connectivity index (χ0v) is 13.1. The van der Waals surface area contributed by atoms with Gasteiger partial charge in [0.2, 0.25) is 5.91 Å². The second kappa shape index (κ2) is 7.62. The van der Waals surface area contributed by atoms with Gasteiger partial charge in [-0.15, -0.1) is 0 Å². The number of nitrogens with two attached hydrogens (primary N) is 1. The molecule has 1 heterocycles. The molecular weight excluding hydrogens is 298 g/mol. The number of anilines is 1. The first-order chi connectivity index (χ1) is 11.0. The quantitative estimate of drug-likeness (QED) is 0.823. The molecule has 1 fully saturated rings. The van der Waals surface area contributed by atoms with E-state index in [1.165, 1.54) is 0 Å². The number of hydrogen-bond donors (Lipinski definition) is 2. The highest BCUT2D eigenvalue weighted by Gasteiger charge is 2.26. The molecule has 3 N–H and O–H groups in total. The molecule has 0 unspecified atom stereocenters. The highest BCUT2D eigenvalue weighted by atomic mass is 16.5. The lowest BCUT2D eigenvalue weighted by molar-refractivity contribution is -0.122. The van der Waals surface area contributed by atoms with Gasteiger partial charge in [-0.05, 0) is 31.9 Å². The number of rotatable bonds is 4. The molecule has 1 aliphatic rings. The molecule has 7 heteroatoms. The van der Waals surface area contributed by atoms with Crippen molar-refractivity contribution in [2.75, 3.05) is 25.0 Å². The van der Waals surface area contributed by atoms with Crippen molar-refractivity contribution in [1.82, 2.24) is 4.90 Å². The number of carbonyl (C=O) groups excluding carboxylic acids is 3. The van der Waals surface area contributed by atoms with E-state index in [2.05, 4.69) is 5.32 Å². The Hall–Kier alpha value is -2.57. The summed E-state index contributed by atoms with van der Waals surface area (Å²) in [6.45, 7) is 2.91. The molecule has 3 amide bonds. The third-order valence-corrected chi connectivity index (χ3v) is 3.85. The molecule has 0 spiro atoms. The molecule has 1 aromatic rings. The van der Waals surface area contributed by atoms with E-state index in [9.17, 15) is 14.4 Å². The van der Waals surface area contributed by atoms with Gasteiger partial charge in [-0.25, -0.2) is 9.59 Å². The number of likely N-dealkylation sites (tertiary alicyclic amines) is 1. The van der Waals surface area contributed by atoms with E-state index in [1.54, 1.807) is 36.1 Å². The third-order valence-electron chi connectivity index (χ3n) is 3.85. The van der Waals surface area contributed by atoms with Gasteiger partial charge in [-0.1, -0.05) is 12.1 Å². The summed E-state index contributed by atoms with van der Waals surface area (Å²) >= 11 is 0. The Bertz CT molecular complexity index is 595. The van der Waals surface area contributed by atoms with Crippen LogP contribution in [0.5, 0.6) is 0 Å². The Morgan fingerprint density at radius 1 is 1.26 bits per heavy atom. The van der Waals surface area contributed by atoms with Crippen molar-refractivity contribution in [3.63, 3.8) is 0 Å². The summed E-state index contributed by atoms with van der Waals surface area (Å²) in [6.07, 6.45) is 1.12. The van der Waals surface area contributed by atoms with E-state index < -0.39 is 5.97 Å². The van der Waals surface area contributed by atoms with Crippen LogP contribution >= 0.6 is 0 Å². The zero-order chi connectivity index (χ0) is 16.8. The Morgan fingerprint density at radius 2 is 1.91 bits per heavy atom. The minimum atomic E-state index is -0.476. The highest BCUT2D eigenvalue weighted by molar-refractivity contribution is 6.00. The number of ether oxygens (including phenoxy) is 1. The topological polar surface area (TPSA) is 102 Å². The second-order valence-electron chi connectivity index (χ2n) is 5.36. The molecule has 0 aromatic heterocycles. The van der Waals surface area contributed by atoms with Crippen LogP contribution in [-0.4, -0.2) is 42.5 Å². The molecule has 0 saturated carbocycles. The normalized spacial score (nSPS) is 15.1. The lowest BCUT2D eigenvalue weighted by Crippen LogP contribution is -2.43. The number of amides is 3. The van der Waals surface area contributed by atoms with Gasteiger partial charge >= 0.3 is 12.0 Å². The predicted octanol–water partition coefficient (Wildman–Crippen LogP) is 1.59. The van der Waals surface area contributed by atoms with Crippen LogP contribution in [0, 0.1) is 5.92 Å². The van der Waals surface area contributed by atoms with Crippen molar-refractivity contribution in [1.29, 1.82) is 0 Å². The summed E-state index contributed by atoms with van der Waals surface area (Å²) in [4.78, 5) is 37.0. The molecule has 0 radical (unpaired) electrons. The Balaban J connectivity index is 2.01. The molecule has 7 nitrogen and oxygen atoms in total. The van der Waals surface area contributed by atoms with Crippen LogP contribution in [0.3, 0.4) is 0 Å². The first-order valence-electron chi connectivity index (χ1n) is 7.64. The fourth-order valence-corrected chi connectivity index (χ4v) is 2.54. The fourth-order valence-electron chi connectivity index (χ4n) is 2.54. The maximum Gasteiger partial charge on any atom is 0.340 e. The Kier molecular flexibility index (Phi) is 5.56. The van der Waals surface area contributed by atoms with Crippen molar-refractivity contribution in [3.05, 3.63) is 29.8 Å². The number of esters is 1. The summed E-state index contributed by atoms with van der Waals surface area (Å²) < 4.78 is 4.98. The van der Waals surface area contributed by atoms with E-state index in [0.717, 1.165) is 0 Å². The third kappa shape index (κ3) is 4.21. The van der Waals surface area contributed by atoms with E-state index in [-0.39, 0.29) is 24.5 Å². The van der Waals surface area contributed by atoms with Crippen LogP contribution in [0.2, 0.25) is 0 Å². The average molecular weight is 319 g/mol. The van der Waals surface area contributed by atoms with Crippen LogP contribution in [0.1, 0.15) is 30.1 Å². The number of nitrogens with one attached hydrogen (secondary N) is 1. The number of primary amides is 1. The minimum Gasteiger partial charge on any atom is -0.462 e. The maximum absolute atomic E-state index is 12.3. The van der Waals surface area contributed by atoms with Crippen molar-refractivity contribution in [3.8, 4) is 0 Å². The van der Waals surface area contributed by atoms with E-state index in [4.69, 9.17) is 10.5 Å². The van der Waals surface area contributed by atoms with Gasteiger partial charge in [-0.3, -0.25) is 4.79 Å². The second-order valence-corrected chi connectivity index (χ2v) is 5.36.